The van der Waals surface area contributed by atoms with Gasteiger partial charge >= 0.3 is 5.97 Å². The van der Waals surface area contributed by atoms with E-state index in [1.54, 1.807) is 18.2 Å². The van der Waals surface area contributed by atoms with Gasteiger partial charge < -0.3 is 15.4 Å². The largest absolute Gasteiger partial charge is 0.456 e. The van der Waals surface area contributed by atoms with Crippen molar-refractivity contribution >= 4 is 23.5 Å². The standard InChI is InChI=1S/C25H27N3O6/c29-23(26-16-18-11-13-21(14-12-18)28(32)33)15-20-9-5-2-6-10-24(30)34-22(17-27-25(20)31)19-7-3-1-4-8-19/h1-5,7-8,11-14,20,22H,6,9-10,15-17H2,(H,26,29)(H,27,31)/b5-2-/t20-,22-/m0/s1. The van der Waals surface area contributed by atoms with Crippen molar-refractivity contribution in [3.05, 3.63) is 88.0 Å². The van der Waals surface area contributed by atoms with Gasteiger partial charge in [0.05, 0.1) is 17.4 Å². The van der Waals surface area contributed by atoms with Crippen molar-refractivity contribution in [1.29, 1.82) is 0 Å². The van der Waals surface area contributed by atoms with E-state index < -0.39 is 16.9 Å². The molecule has 9 heteroatoms. The van der Waals surface area contributed by atoms with Gasteiger partial charge in [-0.3, -0.25) is 24.5 Å². The summed E-state index contributed by atoms with van der Waals surface area (Å²) in [5.74, 6) is -1.52. The number of cyclic esters (lactones) is 1. The van der Waals surface area contributed by atoms with Gasteiger partial charge in [0.15, 0.2) is 0 Å². The number of nitro groups is 1. The van der Waals surface area contributed by atoms with Crippen LogP contribution in [0.5, 0.6) is 0 Å². The van der Waals surface area contributed by atoms with Gasteiger partial charge in [0.25, 0.3) is 5.69 Å². The first-order valence-corrected chi connectivity index (χ1v) is 11.1. The molecule has 9 nitrogen and oxygen atoms in total. The highest BCUT2D eigenvalue weighted by atomic mass is 16.6. The molecular formula is C25H27N3O6. The molecule has 0 spiro atoms. The van der Waals surface area contributed by atoms with E-state index in [0.29, 0.717) is 12.8 Å². The SMILES string of the molecule is O=C(C[C@@H]1C/C=C\CCC(=O)O[C@H](c2ccccc2)CNC1=O)NCc1ccc([N+](=O)[O-])cc1. The van der Waals surface area contributed by atoms with Crippen LogP contribution in [0.1, 0.15) is 42.9 Å². The van der Waals surface area contributed by atoms with Gasteiger partial charge in [-0.2, -0.15) is 0 Å². The number of non-ortho nitro benzene ring substituents is 1. The maximum atomic E-state index is 12.9. The van der Waals surface area contributed by atoms with Crippen LogP contribution >= 0.6 is 0 Å². The van der Waals surface area contributed by atoms with Gasteiger partial charge in [0, 0.05) is 31.5 Å². The molecule has 0 radical (unpaired) electrons. The molecule has 0 fully saturated rings. The van der Waals surface area contributed by atoms with Crippen LogP contribution in [0.3, 0.4) is 0 Å². The van der Waals surface area contributed by atoms with Crippen LogP contribution in [0.15, 0.2) is 66.7 Å². The molecule has 1 aliphatic rings. The van der Waals surface area contributed by atoms with Gasteiger partial charge in [-0.1, -0.05) is 54.6 Å². The zero-order valence-electron chi connectivity index (χ0n) is 18.6. The molecule has 2 aromatic rings. The molecule has 0 unspecified atom stereocenters. The van der Waals surface area contributed by atoms with Crippen LogP contribution in [0.2, 0.25) is 0 Å². The second-order valence-corrected chi connectivity index (χ2v) is 7.98. The van der Waals surface area contributed by atoms with Crippen molar-refractivity contribution in [2.24, 2.45) is 5.92 Å². The van der Waals surface area contributed by atoms with E-state index in [2.05, 4.69) is 10.6 Å². The van der Waals surface area contributed by atoms with E-state index in [0.717, 1.165) is 11.1 Å². The maximum absolute atomic E-state index is 12.9. The zero-order valence-corrected chi connectivity index (χ0v) is 18.6. The Kier molecular flexibility index (Phi) is 8.90. The van der Waals surface area contributed by atoms with Crippen LogP contribution in [0.25, 0.3) is 0 Å². The molecule has 0 saturated carbocycles. The minimum absolute atomic E-state index is 0.0149. The Labute approximate surface area is 197 Å². The van der Waals surface area contributed by atoms with Crippen LogP contribution in [0.4, 0.5) is 5.69 Å². The van der Waals surface area contributed by atoms with Gasteiger partial charge in [0.2, 0.25) is 11.8 Å². The summed E-state index contributed by atoms with van der Waals surface area (Å²) < 4.78 is 5.58. The van der Waals surface area contributed by atoms with Crippen LogP contribution in [-0.4, -0.2) is 29.3 Å². The Morgan fingerprint density at radius 2 is 1.82 bits per heavy atom. The number of benzene rings is 2. The van der Waals surface area contributed by atoms with Gasteiger partial charge in [-0.15, -0.1) is 0 Å². The number of nitrogens with one attached hydrogen (secondary N) is 2. The summed E-state index contributed by atoms with van der Waals surface area (Å²) in [4.78, 5) is 47.8. The second kappa shape index (κ2) is 12.3. The van der Waals surface area contributed by atoms with Gasteiger partial charge in [-0.05, 0) is 24.0 Å². The van der Waals surface area contributed by atoms with E-state index >= 15 is 0 Å². The van der Waals surface area contributed by atoms with Crippen molar-refractivity contribution in [1.82, 2.24) is 10.6 Å². The number of amides is 2. The summed E-state index contributed by atoms with van der Waals surface area (Å²) in [6.07, 6.45) is 4.07. The topological polar surface area (TPSA) is 128 Å². The molecule has 2 atom stereocenters. The molecule has 0 saturated heterocycles. The van der Waals surface area contributed by atoms with Crippen molar-refractivity contribution < 1.29 is 24.0 Å². The summed E-state index contributed by atoms with van der Waals surface area (Å²) in [6.45, 7) is 0.312. The van der Waals surface area contributed by atoms with E-state index in [9.17, 15) is 24.5 Å². The Balaban J connectivity index is 1.61. The van der Waals surface area contributed by atoms with E-state index in [4.69, 9.17) is 4.74 Å². The lowest BCUT2D eigenvalue weighted by atomic mass is 9.98. The van der Waals surface area contributed by atoms with Gasteiger partial charge in [-0.25, -0.2) is 0 Å². The Bertz CT molecular complexity index is 1040. The normalized spacial score (nSPS) is 20.1. The van der Waals surface area contributed by atoms with Crippen molar-refractivity contribution in [3.63, 3.8) is 0 Å². The fourth-order valence-electron chi connectivity index (χ4n) is 3.55. The summed E-state index contributed by atoms with van der Waals surface area (Å²) in [5, 5.41) is 16.3. The number of hydrogen-bond acceptors (Lipinski definition) is 6. The molecule has 0 aliphatic carbocycles. The molecule has 2 amide bonds. The lowest BCUT2D eigenvalue weighted by molar-refractivity contribution is -0.384. The molecule has 2 aromatic carbocycles. The number of carbonyl (C=O) groups is 3. The zero-order chi connectivity index (χ0) is 24.3. The number of rotatable bonds is 6. The van der Waals surface area contributed by atoms with E-state index in [1.807, 2.05) is 36.4 Å². The van der Waals surface area contributed by atoms with Crippen molar-refractivity contribution in [2.75, 3.05) is 6.54 Å². The number of allylic oxidation sites excluding steroid dienone is 2. The second-order valence-electron chi connectivity index (χ2n) is 7.98. The molecule has 1 aliphatic heterocycles. The monoisotopic (exact) mass is 465 g/mol. The number of carbonyl (C=O) groups excluding carboxylic acids is 3. The number of ether oxygens (including phenoxy) is 1. The van der Waals surface area contributed by atoms with Crippen molar-refractivity contribution in [2.45, 2.75) is 38.3 Å². The van der Waals surface area contributed by atoms with Gasteiger partial charge in [0.1, 0.15) is 6.10 Å². The average molecular weight is 466 g/mol. The average Bonchev–Trinajstić information content (AvgIpc) is 2.84. The third-order valence-corrected chi connectivity index (χ3v) is 5.45. The van der Waals surface area contributed by atoms with Crippen LogP contribution < -0.4 is 10.6 Å². The highest BCUT2D eigenvalue weighted by Crippen LogP contribution is 2.20. The quantitative estimate of drug-likeness (QED) is 0.291. The third-order valence-electron chi connectivity index (χ3n) is 5.45. The maximum Gasteiger partial charge on any atom is 0.306 e. The number of esters is 1. The summed E-state index contributed by atoms with van der Waals surface area (Å²) in [6, 6.07) is 15.1. The highest BCUT2D eigenvalue weighted by molar-refractivity contribution is 5.86. The predicted molar refractivity (Wildman–Crippen MR) is 124 cm³/mol. The highest BCUT2D eigenvalue weighted by Gasteiger charge is 2.24. The molecular weight excluding hydrogens is 438 g/mol. The lowest BCUT2D eigenvalue weighted by Gasteiger charge is -2.21. The molecule has 1 heterocycles. The summed E-state index contributed by atoms with van der Waals surface area (Å²) >= 11 is 0. The molecule has 34 heavy (non-hydrogen) atoms. The Morgan fingerprint density at radius 3 is 2.53 bits per heavy atom. The minimum Gasteiger partial charge on any atom is -0.456 e. The van der Waals surface area contributed by atoms with Crippen LogP contribution in [-0.2, 0) is 25.7 Å². The summed E-state index contributed by atoms with van der Waals surface area (Å²) in [7, 11) is 0. The first-order valence-electron chi connectivity index (χ1n) is 11.1. The number of nitrogens with zero attached hydrogens (tertiary/aromatic N) is 1. The molecule has 0 aromatic heterocycles. The smallest absolute Gasteiger partial charge is 0.306 e. The summed E-state index contributed by atoms with van der Waals surface area (Å²) in [5.41, 5.74) is 1.47. The Morgan fingerprint density at radius 1 is 1.09 bits per heavy atom. The third kappa shape index (κ3) is 7.54. The fraction of sp³-hybridized carbons (Fsp3) is 0.320. The molecule has 0 bridgehead atoms. The van der Waals surface area contributed by atoms with E-state index in [-0.39, 0.29) is 49.4 Å². The van der Waals surface area contributed by atoms with Crippen molar-refractivity contribution in [3.8, 4) is 0 Å². The number of hydrogen-bond donors (Lipinski definition) is 2. The lowest BCUT2D eigenvalue weighted by Crippen LogP contribution is -2.37. The first-order chi connectivity index (χ1) is 16.4. The molecule has 3 rings (SSSR count). The first kappa shape index (κ1) is 24.6. The predicted octanol–water partition coefficient (Wildman–Crippen LogP) is 3.36. The Hall–Kier alpha value is -4.01. The van der Waals surface area contributed by atoms with Crippen LogP contribution in [0, 0.1) is 16.0 Å². The molecule has 178 valence electrons. The molecule has 2 N–H and O–H groups in total. The minimum atomic E-state index is -0.613. The number of nitro benzene ring substituents is 1. The van der Waals surface area contributed by atoms with E-state index in [1.165, 1.54) is 12.1 Å². The fourth-order valence-corrected chi connectivity index (χ4v) is 3.55.